The van der Waals surface area contributed by atoms with Crippen molar-refractivity contribution in [1.82, 2.24) is 10.3 Å². The lowest BCUT2D eigenvalue weighted by Gasteiger charge is -2.36. The number of benzene rings is 2. The molecule has 2 aromatic carbocycles. The molecule has 0 spiro atoms. The molecule has 0 bridgehead atoms. The summed E-state index contributed by atoms with van der Waals surface area (Å²) in [7, 11) is 2.14. The van der Waals surface area contributed by atoms with Crippen LogP contribution in [0.5, 0.6) is 0 Å². The van der Waals surface area contributed by atoms with Crippen LogP contribution in [0.25, 0.3) is 0 Å². The molecular weight excluding hydrogens is 401 g/mol. The first kappa shape index (κ1) is 20.2. The maximum absolute atomic E-state index is 6.12. The van der Waals surface area contributed by atoms with Crippen LogP contribution in [0, 0.1) is 5.92 Å². The first-order chi connectivity index (χ1) is 14.1. The van der Waals surface area contributed by atoms with Crippen molar-refractivity contribution in [3.63, 3.8) is 0 Å². The van der Waals surface area contributed by atoms with Crippen molar-refractivity contribution in [3.05, 3.63) is 94.1 Å². The van der Waals surface area contributed by atoms with Crippen molar-refractivity contribution in [2.24, 2.45) is 5.92 Å². The normalized spacial score (nSPS) is 19.8. The number of anilines is 1. The minimum Gasteiger partial charge on any atom is -0.356 e. The van der Waals surface area contributed by atoms with Gasteiger partial charge < -0.3 is 10.2 Å². The van der Waals surface area contributed by atoms with Crippen molar-refractivity contribution < 1.29 is 0 Å². The quantitative estimate of drug-likeness (QED) is 0.569. The highest BCUT2D eigenvalue weighted by Crippen LogP contribution is 2.35. The lowest BCUT2D eigenvalue weighted by Crippen LogP contribution is -2.43. The van der Waals surface area contributed by atoms with Crippen LogP contribution < -0.4 is 10.2 Å². The smallest absolute Gasteiger partial charge is 0.128 e. The molecule has 29 heavy (non-hydrogen) atoms. The average Bonchev–Trinajstić information content (AvgIpc) is 3.23. The van der Waals surface area contributed by atoms with Gasteiger partial charge in [0.25, 0.3) is 0 Å². The van der Waals surface area contributed by atoms with Crippen molar-refractivity contribution >= 4 is 29.0 Å². The summed E-state index contributed by atoms with van der Waals surface area (Å²) in [4.78, 5) is 6.89. The van der Waals surface area contributed by atoms with Gasteiger partial charge in [0.1, 0.15) is 5.82 Å². The maximum atomic E-state index is 6.12. The van der Waals surface area contributed by atoms with Crippen LogP contribution >= 0.6 is 23.2 Å². The third kappa shape index (κ3) is 4.75. The highest BCUT2D eigenvalue weighted by molar-refractivity contribution is 6.30. The molecule has 1 aliphatic heterocycles. The minimum atomic E-state index is 0.293. The lowest BCUT2D eigenvalue weighted by atomic mass is 9.81. The highest BCUT2D eigenvalue weighted by atomic mass is 35.5. The van der Waals surface area contributed by atoms with E-state index in [1.165, 1.54) is 11.1 Å². The van der Waals surface area contributed by atoms with Crippen molar-refractivity contribution in [2.45, 2.75) is 18.4 Å². The van der Waals surface area contributed by atoms with Gasteiger partial charge in [-0.05, 0) is 41.8 Å². The van der Waals surface area contributed by atoms with Gasteiger partial charge in [-0.3, -0.25) is 0 Å². The monoisotopic (exact) mass is 425 g/mol. The number of pyridine rings is 1. The first-order valence-electron chi connectivity index (χ1n) is 9.96. The van der Waals surface area contributed by atoms with Crippen molar-refractivity contribution in [2.75, 3.05) is 25.0 Å². The predicted octanol–water partition coefficient (Wildman–Crippen LogP) is 5.44. The second kappa shape index (κ2) is 9.17. The van der Waals surface area contributed by atoms with E-state index in [4.69, 9.17) is 23.2 Å². The number of hydrogen-bond acceptors (Lipinski definition) is 3. The molecule has 0 aliphatic carbocycles. The van der Waals surface area contributed by atoms with Gasteiger partial charge in [0.05, 0.1) is 5.02 Å². The van der Waals surface area contributed by atoms with E-state index in [0.29, 0.717) is 22.9 Å². The average molecular weight is 426 g/mol. The van der Waals surface area contributed by atoms with E-state index in [1.807, 2.05) is 24.3 Å². The van der Waals surface area contributed by atoms with Crippen LogP contribution in [0.2, 0.25) is 10.0 Å². The Hall–Kier alpha value is -2.07. The van der Waals surface area contributed by atoms with Crippen molar-refractivity contribution in [1.29, 1.82) is 0 Å². The fraction of sp³-hybridized carbons (Fsp3) is 0.292. The second-order valence-electron chi connectivity index (χ2n) is 7.68. The molecule has 3 nitrogen and oxygen atoms in total. The molecule has 1 N–H and O–H groups in total. The van der Waals surface area contributed by atoms with E-state index in [-0.39, 0.29) is 0 Å². The Balaban J connectivity index is 1.66. The van der Waals surface area contributed by atoms with Gasteiger partial charge in [-0.25, -0.2) is 4.98 Å². The third-order valence-corrected chi connectivity index (χ3v) is 6.39. The zero-order valence-corrected chi connectivity index (χ0v) is 17.9. The largest absolute Gasteiger partial charge is 0.356 e. The molecule has 1 aromatic heterocycles. The Bertz CT molecular complexity index is 913. The summed E-state index contributed by atoms with van der Waals surface area (Å²) >= 11 is 12.2. The lowest BCUT2D eigenvalue weighted by molar-refractivity contribution is 0.397. The molecule has 1 unspecified atom stereocenters. The number of nitrogens with one attached hydrogen (secondary N) is 1. The highest BCUT2D eigenvalue weighted by Gasteiger charge is 2.37. The molecule has 0 amide bonds. The summed E-state index contributed by atoms with van der Waals surface area (Å²) in [5, 5.41) is 5.05. The SMILES string of the molecule is CN(c1ccc(Cl)cn1)C(Cc1ccccc1)[C@H]1CNC[C@@H]1c1ccc(Cl)cc1. The summed E-state index contributed by atoms with van der Waals surface area (Å²) in [6.45, 7) is 1.95. The Morgan fingerprint density at radius 1 is 0.966 bits per heavy atom. The van der Waals surface area contributed by atoms with Gasteiger partial charge in [0.2, 0.25) is 0 Å². The van der Waals surface area contributed by atoms with Crippen LogP contribution in [-0.2, 0) is 6.42 Å². The standard InChI is InChI=1S/C24H25Cl2N3/c1-29(24-12-11-20(26)14-28-24)23(13-17-5-3-2-4-6-17)22-16-27-15-21(22)18-7-9-19(25)10-8-18/h2-12,14,21-23,27H,13,15-16H2,1H3/t21-,22+,23?/m1/s1. The molecule has 150 valence electrons. The summed E-state index contributed by atoms with van der Waals surface area (Å²) in [5.41, 5.74) is 2.67. The Labute approximate surface area is 182 Å². The zero-order chi connectivity index (χ0) is 20.2. The molecule has 5 heteroatoms. The van der Waals surface area contributed by atoms with Crippen LogP contribution in [0.15, 0.2) is 72.9 Å². The Kier molecular flexibility index (Phi) is 6.39. The number of likely N-dealkylation sites (N-methyl/N-ethyl adjacent to an activating group) is 1. The van der Waals surface area contributed by atoms with Gasteiger partial charge in [-0.15, -0.1) is 0 Å². The van der Waals surface area contributed by atoms with Gasteiger partial charge in [0.15, 0.2) is 0 Å². The van der Waals surface area contributed by atoms with E-state index in [9.17, 15) is 0 Å². The van der Waals surface area contributed by atoms with Gasteiger partial charge in [-0.2, -0.15) is 0 Å². The topological polar surface area (TPSA) is 28.2 Å². The summed E-state index contributed by atoms with van der Waals surface area (Å²) in [6.07, 6.45) is 2.68. The third-order valence-electron chi connectivity index (χ3n) is 5.91. The fourth-order valence-electron chi connectivity index (χ4n) is 4.36. The van der Waals surface area contributed by atoms with Gasteiger partial charge >= 0.3 is 0 Å². The molecule has 3 atom stereocenters. The number of halogens is 2. The number of rotatable bonds is 6. The van der Waals surface area contributed by atoms with Crippen LogP contribution in [0.4, 0.5) is 5.82 Å². The maximum Gasteiger partial charge on any atom is 0.128 e. The molecule has 0 radical (unpaired) electrons. The summed E-state index contributed by atoms with van der Waals surface area (Å²) < 4.78 is 0. The summed E-state index contributed by atoms with van der Waals surface area (Å²) in [6, 6.07) is 23.2. The Morgan fingerprint density at radius 2 is 1.69 bits per heavy atom. The van der Waals surface area contributed by atoms with E-state index < -0.39 is 0 Å². The molecule has 1 fully saturated rings. The molecule has 3 aromatic rings. The molecule has 1 aliphatic rings. The predicted molar refractivity (Wildman–Crippen MR) is 122 cm³/mol. The van der Waals surface area contributed by atoms with Crippen LogP contribution in [0.1, 0.15) is 17.0 Å². The molecule has 0 saturated carbocycles. The van der Waals surface area contributed by atoms with Crippen LogP contribution in [0.3, 0.4) is 0 Å². The van der Waals surface area contributed by atoms with Crippen LogP contribution in [-0.4, -0.2) is 31.2 Å². The summed E-state index contributed by atoms with van der Waals surface area (Å²) in [5.74, 6) is 1.81. The number of aromatic nitrogens is 1. The van der Waals surface area contributed by atoms with E-state index in [0.717, 1.165) is 30.4 Å². The first-order valence-corrected chi connectivity index (χ1v) is 10.7. The van der Waals surface area contributed by atoms with E-state index >= 15 is 0 Å². The van der Waals surface area contributed by atoms with Gasteiger partial charge in [-0.1, -0.05) is 65.7 Å². The molecule has 2 heterocycles. The van der Waals surface area contributed by atoms with Gasteiger partial charge in [0, 0.05) is 49.2 Å². The van der Waals surface area contributed by atoms with E-state index in [2.05, 4.69) is 64.7 Å². The van der Waals surface area contributed by atoms with Crippen molar-refractivity contribution in [3.8, 4) is 0 Å². The number of hydrogen-bond donors (Lipinski definition) is 1. The fourth-order valence-corrected chi connectivity index (χ4v) is 4.59. The number of nitrogens with zero attached hydrogens (tertiary/aromatic N) is 2. The molecule has 4 rings (SSSR count). The molecule has 1 saturated heterocycles. The zero-order valence-electron chi connectivity index (χ0n) is 16.4. The second-order valence-corrected chi connectivity index (χ2v) is 8.56. The Morgan fingerprint density at radius 3 is 2.38 bits per heavy atom. The molecular formula is C24H25Cl2N3. The minimum absolute atomic E-state index is 0.293. The van der Waals surface area contributed by atoms with E-state index in [1.54, 1.807) is 6.20 Å².